The number of urea groups is 1. The zero-order chi connectivity index (χ0) is 15.2. The fourth-order valence-corrected chi connectivity index (χ4v) is 2.69. The van der Waals surface area contributed by atoms with Crippen LogP contribution >= 0.6 is 11.3 Å². The maximum atomic E-state index is 11.5. The molecular formula is C11H16N2O5S2. The van der Waals surface area contributed by atoms with Gasteiger partial charge in [0.1, 0.15) is 15.9 Å². The van der Waals surface area contributed by atoms with E-state index in [1.807, 2.05) is 17.5 Å². The van der Waals surface area contributed by atoms with Crippen molar-refractivity contribution in [2.24, 2.45) is 0 Å². The fraction of sp³-hybridized carbons (Fsp3) is 0.455. The molecule has 1 aromatic heterocycles. The van der Waals surface area contributed by atoms with E-state index in [4.69, 9.17) is 5.11 Å². The van der Waals surface area contributed by atoms with Crippen molar-refractivity contribution in [2.75, 3.05) is 12.0 Å². The maximum Gasteiger partial charge on any atom is 0.326 e. The maximum absolute atomic E-state index is 11.5. The van der Waals surface area contributed by atoms with Gasteiger partial charge in [0.15, 0.2) is 0 Å². The van der Waals surface area contributed by atoms with Crippen molar-refractivity contribution >= 4 is 33.2 Å². The number of hydrogen-bond acceptors (Lipinski definition) is 5. The van der Waals surface area contributed by atoms with Crippen LogP contribution in [-0.4, -0.2) is 43.6 Å². The second kappa shape index (κ2) is 7.25. The van der Waals surface area contributed by atoms with Crippen LogP contribution in [0, 0.1) is 0 Å². The first kappa shape index (κ1) is 16.4. The largest absolute Gasteiger partial charge is 0.480 e. The summed E-state index contributed by atoms with van der Waals surface area (Å²) in [6.07, 6.45) is 0.851. The Morgan fingerprint density at radius 1 is 1.45 bits per heavy atom. The van der Waals surface area contributed by atoms with Crippen molar-refractivity contribution in [3.63, 3.8) is 0 Å². The van der Waals surface area contributed by atoms with Crippen LogP contribution in [0.2, 0.25) is 0 Å². The van der Waals surface area contributed by atoms with Crippen molar-refractivity contribution in [3.8, 4) is 0 Å². The first-order valence-electron chi connectivity index (χ1n) is 5.75. The minimum absolute atomic E-state index is 0.166. The summed E-state index contributed by atoms with van der Waals surface area (Å²) in [7, 11) is -3.27. The van der Waals surface area contributed by atoms with E-state index in [1.165, 1.54) is 11.3 Å². The normalized spacial score (nSPS) is 12.7. The monoisotopic (exact) mass is 320 g/mol. The van der Waals surface area contributed by atoms with Gasteiger partial charge in [0.05, 0.1) is 12.3 Å². The minimum atomic E-state index is -3.27. The summed E-state index contributed by atoms with van der Waals surface area (Å²) in [5.41, 5.74) is 0. The predicted molar refractivity (Wildman–Crippen MR) is 75.4 cm³/mol. The van der Waals surface area contributed by atoms with Crippen molar-refractivity contribution in [3.05, 3.63) is 22.4 Å². The van der Waals surface area contributed by atoms with Crippen LogP contribution in [0.1, 0.15) is 11.3 Å². The first-order chi connectivity index (χ1) is 9.28. The lowest BCUT2D eigenvalue weighted by atomic mass is 10.2. The number of carboxylic acid groups (broad SMARTS) is 1. The molecule has 3 N–H and O–H groups in total. The Kier molecular flexibility index (Phi) is 5.96. The van der Waals surface area contributed by atoms with Crippen LogP contribution in [0.4, 0.5) is 4.79 Å². The summed E-state index contributed by atoms with van der Waals surface area (Å²) < 4.78 is 22.0. The number of hydrogen-bond donors (Lipinski definition) is 3. The van der Waals surface area contributed by atoms with Gasteiger partial charge in [0, 0.05) is 11.1 Å². The van der Waals surface area contributed by atoms with E-state index < -0.39 is 27.9 Å². The van der Waals surface area contributed by atoms with Crippen LogP contribution < -0.4 is 10.6 Å². The molecule has 7 nitrogen and oxygen atoms in total. The lowest BCUT2D eigenvalue weighted by molar-refractivity contribution is -0.139. The number of amides is 2. The smallest absolute Gasteiger partial charge is 0.326 e. The number of thiophene rings is 1. The Bertz CT molecular complexity index is 553. The van der Waals surface area contributed by atoms with E-state index in [0.29, 0.717) is 6.54 Å². The Morgan fingerprint density at radius 2 is 2.15 bits per heavy atom. The van der Waals surface area contributed by atoms with E-state index in [9.17, 15) is 18.0 Å². The van der Waals surface area contributed by atoms with E-state index in [1.54, 1.807) is 0 Å². The third-order valence-corrected chi connectivity index (χ3v) is 4.24. The Morgan fingerprint density at radius 3 is 2.65 bits per heavy atom. The van der Waals surface area contributed by atoms with Gasteiger partial charge in [0.2, 0.25) is 0 Å². The molecule has 0 aliphatic rings. The fourth-order valence-electron chi connectivity index (χ4n) is 1.38. The van der Waals surface area contributed by atoms with E-state index in [2.05, 4.69) is 10.6 Å². The van der Waals surface area contributed by atoms with Gasteiger partial charge in [-0.2, -0.15) is 0 Å². The number of carboxylic acids is 1. The van der Waals surface area contributed by atoms with Crippen molar-refractivity contribution in [2.45, 2.75) is 19.0 Å². The molecule has 0 saturated heterocycles. The SMILES string of the molecule is CS(=O)(=O)CCC(NC(=O)NCc1cccs1)C(=O)O. The Labute approximate surface area is 120 Å². The summed E-state index contributed by atoms with van der Waals surface area (Å²) in [6, 6.07) is 1.81. The predicted octanol–water partition coefficient (Wildman–Crippen LogP) is 0.435. The molecule has 0 aliphatic heterocycles. The van der Waals surface area contributed by atoms with Gasteiger partial charge in [-0.15, -0.1) is 11.3 Å². The molecule has 0 aliphatic carbocycles. The quantitative estimate of drug-likeness (QED) is 0.674. The standard InChI is InChI=1S/C11H16N2O5S2/c1-20(17,18)6-4-9(10(14)15)13-11(16)12-7-8-3-2-5-19-8/h2-3,5,9H,4,6-7H2,1H3,(H,14,15)(H2,12,13,16). The third-order valence-electron chi connectivity index (χ3n) is 2.38. The van der Waals surface area contributed by atoms with Crippen LogP contribution in [0.15, 0.2) is 17.5 Å². The highest BCUT2D eigenvalue weighted by molar-refractivity contribution is 7.90. The Hall–Kier alpha value is -1.61. The molecule has 1 aromatic rings. The topological polar surface area (TPSA) is 113 Å². The van der Waals surface area contributed by atoms with Gasteiger partial charge < -0.3 is 15.7 Å². The van der Waals surface area contributed by atoms with E-state index in [0.717, 1.165) is 11.1 Å². The zero-order valence-electron chi connectivity index (χ0n) is 10.8. The van der Waals surface area contributed by atoms with Crippen LogP contribution in [0.25, 0.3) is 0 Å². The molecule has 1 heterocycles. The van der Waals surface area contributed by atoms with Gasteiger partial charge in [-0.1, -0.05) is 6.07 Å². The van der Waals surface area contributed by atoms with Crippen molar-refractivity contribution in [1.82, 2.24) is 10.6 Å². The molecule has 0 fully saturated rings. The second-order valence-electron chi connectivity index (χ2n) is 4.22. The number of rotatable bonds is 7. The molecule has 9 heteroatoms. The van der Waals surface area contributed by atoms with Crippen molar-refractivity contribution in [1.29, 1.82) is 0 Å². The molecule has 0 aromatic carbocycles. The summed E-state index contributed by atoms with van der Waals surface area (Å²) >= 11 is 1.47. The highest BCUT2D eigenvalue weighted by Gasteiger charge is 2.21. The summed E-state index contributed by atoms with van der Waals surface area (Å²) in [5, 5.41) is 15.6. The van der Waals surface area contributed by atoms with Gasteiger partial charge in [-0.25, -0.2) is 18.0 Å². The van der Waals surface area contributed by atoms with Gasteiger partial charge in [-0.3, -0.25) is 0 Å². The number of carbonyl (C=O) groups excluding carboxylic acids is 1. The summed E-state index contributed by atoms with van der Waals surface area (Å²) in [4.78, 5) is 23.4. The molecule has 1 rings (SSSR count). The van der Waals surface area contributed by atoms with E-state index >= 15 is 0 Å². The lowest BCUT2D eigenvalue weighted by Crippen LogP contribution is -2.46. The zero-order valence-corrected chi connectivity index (χ0v) is 12.5. The van der Waals surface area contributed by atoms with Crippen molar-refractivity contribution < 1.29 is 23.1 Å². The molecule has 0 bridgehead atoms. The van der Waals surface area contributed by atoms with Gasteiger partial charge in [0.25, 0.3) is 0 Å². The average Bonchev–Trinajstić information content (AvgIpc) is 2.83. The van der Waals surface area contributed by atoms with Gasteiger partial charge >= 0.3 is 12.0 Å². The lowest BCUT2D eigenvalue weighted by Gasteiger charge is -2.14. The molecule has 0 saturated carbocycles. The first-order valence-corrected chi connectivity index (χ1v) is 8.69. The minimum Gasteiger partial charge on any atom is -0.480 e. The summed E-state index contributed by atoms with van der Waals surface area (Å²) in [5.74, 6) is -1.56. The molecule has 1 atom stereocenters. The number of sulfone groups is 1. The highest BCUT2D eigenvalue weighted by Crippen LogP contribution is 2.07. The molecule has 0 spiro atoms. The molecule has 112 valence electrons. The third kappa shape index (κ3) is 6.53. The number of carbonyl (C=O) groups is 2. The Balaban J connectivity index is 2.44. The second-order valence-corrected chi connectivity index (χ2v) is 7.51. The number of aliphatic carboxylic acids is 1. The molecule has 0 radical (unpaired) electrons. The molecule has 1 unspecified atom stereocenters. The average molecular weight is 320 g/mol. The highest BCUT2D eigenvalue weighted by atomic mass is 32.2. The van der Waals surface area contributed by atoms with Crippen LogP contribution in [0.3, 0.4) is 0 Å². The van der Waals surface area contributed by atoms with Gasteiger partial charge in [-0.05, 0) is 17.9 Å². The van der Waals surface area contributed by atoms with Crippen LogP contribution in [-0.2, 0) is 21.2 Å². The molecular weight excluding hydrogens is 304 g/mol. The molecule has 2 amide bonds. The van der Waals surface area contributed by atoms with E-state index in [-0.39, 0.29) is 12.2 Å². The molecule has 20 heavy (non-hydrogen) atoms. The van der Waals surface area contributed by atoms with Crippen LogP contribution in [0.5, 0.6) is 0 Å². The number of nitrogens with one attached hydrogen (secondary N) is 2. The summed E-state index contributed by atoms with van der Waals surface area (Å²) in [6.45, 7) is 0.294.